The number of likely N-dealkylation sites (tertiary alicyclic amines) is 1. The van der Waals surface area contributed by atoms with Crippen molar-refractivity contribution in [1.29, 1.82) is 5.41 Å². The number of aromatic nitrogens is 1. The van der Waals surface area contributed by atoms with Gasteiger partial charge in [-0.15, -0.1) is 0 Å². The zero-order valence-corrected chi connectivity index (χ0v) is 18.3. The number of piperidine rings is 1. The van der Waals surface area contributed by atoms with Gasteiger partial charge in [-0.2, -0.15) is 0 Å². The summed E-state index contributed by atoms with van der Waals surface area (Å²) in [6.07, 6.45) is 5.14. The molecule has 1 aromatic heterocycles. The fourth-order valence-electron chi connectivity index (χ4n) is 4.50. The molecule has 1 fully saturated rings. The van der Waals surface area contributed by atoms with Crippen molar-refractivity contribution >= 4 is 23.0 Å². The molecule has 2 unspecified atom stereocenters. The highest BCUT2D eigenvalue weighted by Crippen LogP contribution is 2.27. The number of nitrogens with two attached hydrogens (primary N) is 1. The highest BCUT2D eigenvalue weighted by Gasteiger charge is 2.30. The average molecular weight is 428 g/mol. The molecule has 4 rings (SSSR count). The second-order valence-corrected chi connectivity index (χ2v) is 8.61. The Morgan fingerprint density at radius 3 is 2.62 bits per heavy atom. The molecule has 6 heteroatoms. The number of anilines is 2. The Kier molecular flexibility index (Phi) is 6.61. The third-order valence-corrected chi connectivity index (χ3v) is 6.02. The molecule has 0 saturated carbocycles. The van der Waals surface area contributed by atoms with Crippen LogP contribution in [0.5, 0.6) is 0 Å². The standard InChI is InChI=1S/C26H29N5O/c1-31-16-19(13-18-5-3-2-4-6-18)14-21(17-31)26(32)30-22-7-8-24(27)23(15-22)25(28)20-9-11-29-12-10-20/h2-12,15,19,21,28H,13-14,16-17,27H2,1H3,(H,30,32). The van der Waals surface area contributed by atoms with Crippen molar-refractivity contribution < 1.29 is 4.79 Å². The van der Waals surface area contributed by atoms with Crippen molar-refractivity contribution in [1.82, 2.24) is 9.88 Å². The van der Waals surface area contributed by atoms with Gasteiger partial charge in [0.05, 0.1) is 11.6 Å². The van der Waals surface area contributed by atoms with Gasteiger partial charge in [0.15, 0.2) is 0 Å². The average Bonchev–Trinajstić information content (AvgIpc) is 2.80. The molecule has 2 heterocycles. The second kappa shape index (κ2) is 9.75. The first-order valence-corrected chi connectivity index (χ1v) is 10.9. The molecule has 1 saturated heterocycles. The van der Waals surface area contributed by atoms with Crippen LogP contribution in [0.15, 0.2) is 73.1 Å². The number of carbonyl (C=O) groups excluding carboxylic acids is 1. The summed E-state index contributed by atoms with van der Waals surface area (Å²) < 4.78 is 0. The summed E-state index contributed by atoms with van der Waals surface area (Å²) in [5, 5.41) is 11.6. The lowest BCUT2D eigenvalue weighted by molar-refractivity contribution is -0.122. The summed E-state index contributed by atoms with van der Waals surface area (Å²) in [5.41, 5.74) is 10.2. The zero-order valence-electron chi connectivity index (χ0n) is 18.3. The number of pyridine rings is 1. The molecule has 0 aliphatic carbocycles. The number of hydrogen-bond donors (Lipinski definition) is 3. The number of carbonyl (C=O) groups is 1. The Bertz CT molecular complexity index is 1080. The summed E-state index contributed by atoms with van der Waals surface area (Å²) in [7, 11) is 2.08. The Morgan fingerprint density at radius 2 is 1.88 bits per heavy atom. The maximum absolute atomic E-state index is 13.1. The highest BCUT2D eigenvalue weighted by atomic mass is 16.1. The highest BCUT2D eigenvalue weighted by molar-refractivity contribution is 6.14. The lowest BCUT2D eigenvalue weighted by Gasteiger charge is -2.35. The van der Waals surface area contributed by atoms with Gasteiger partial charge in [-0.3, -0.25) is 15.2 Å². The topological polar surface area (TPSA) is 95.1 Å². The van der Waals surface area contributed by atoms with E-state index in [0.717, 1.165) is 31.5 Å². The molecule has 32 heavy (non-hydrogen) atoms. The first kappa shape index (κ1) is 21.7. The van der Waals surface area contributed by atoms with Crippen LogP contribution in [-0.2, 0) is 11.2 Å². The maximum Gasteiger partial charge on any atom is 0.228 e. The van der Waals surface area contributed by atoms with E-state index in [1.54, 1.807) is 42.7 Å². The van der Waals surface area contributed by atoms with Gasteiger partial charge in [0, 0.05) is 48.0 Å². The first-order chi connectivity index (χ1) is 15.5. The minimum atomic E-state index is -0.0804. The lowest BCUT2D eigenvalue weighted by Crippen LogP contribution is -2.43. The maximum atomic E-state index is 13.1. The molecule has 4 N–H and O–H groups in total. The largest absolute Gasteiger partial charge is 0.398 e. The minimum absolute atomic E-state index is 0.0146. The molecule has 0 spiro atoms. The number of amides is 1. The Balaban J connectivity index is 1.45. The molecule has 2 aromatic carbocycles. The van der Waals surface area contributed by atoms with E-state index in [4.69, 9.17) is 11.1 Å². The van der Waals surface area contributed by atoms with Crippen molar-refractivity contribution in [2.45, 2.75) is 12.8 Å². The quantitative estimate of drug-likeness (QED) is 0.412. The summed E-state index contributed by atoms with van der Waals surface area (Å²) in [6, 6.07) is 19.3. The van der Waals surface area contributed by atoms with E-state index in [0.29, 0.717) is 28.6 Å². The van der Waals surface area contributed by atoms with E-state index in [2.05, 4.69) is 46.5 Å². The van der Waals surface area contributed by atoms with Crippen molar-refractivity contribution in [3.05, 3.63) is 89.7 Å². The van der Waals surface area contributed by atoms with Gasteiger partial charge in [-0.05, 0) is 61.7 Å². The zero-order chi connectivity index (χ0) is 22.5. The third kappa shape index (κ3) is 5.21. The van der Waals surface area contributed by atoms with E-state index < -0.39 is 0 Å². The van der Waals surface area contributed by atoms with Crippen molar-refractivity contribution in [3.8, 4) is 0 Å². The Labute approximate surface area is 189 Å². The molecule has 2 atom stereocenters. The van der Waals surface area contributed by atoms with Crippen LogP contribution in [-0.4, -0.2) is 41.6 Å². The van der Waals surface area contributed by atoms with Crippen LogP contribution >= 0.6 is 0 Å². The van der Waals surface area contributed by atoms with Crippen LogP contribution in [0.25, 0.3) is 0 Å². The van der Waals surface area contributed by atoms with Gasteiger partial charge < -0.3 is 16.0 Å². The smallest absolute Gasteiger partial charge is 0.228 e. The number of hydrogen-bond acceptors (Lipinski definition) is 5. The fourth-order valence-corrected chi connectivity index (χ4v) is 4.50. The van der Waals surface area contributed by atoms with E-state index in [1.165, 1.54) is 5.56 Å². The number of rotatable bonds is 6. The van der Waals surface area contributed by atoms with Crippen LogP contribution in [0, 0.1) is 17.2 Å². The summed E-state index contributed by atoms with van der Waals surface area (Å²) in [4.78, 5) is 19.4. The summed E-state index contributed by atoms with van der Waals surface area (Å²) >= 11 is 0. The van der Waals surface area contributed by atoms with Crippen LogP contribution in [0.3, 0.4) is 0 Å². The molecule has 3 aromatic rings. The number of nitrogens with zero attached hydrogens (tertiary/aromatic N) is 2. The molecule has 0 bridgehead atoms. The number of nitrogens with one attached hydrogen (secondary N) is 2. The van der Waals surface area contributed by atoms with Crippen LogP contribution in [0.1, 0.15) is 23.1 Å². The number of benzene rings is 2. The molecular formula is C26H29N5O. The van der Waals surface area contributed by atoms with Gasteiger partial charge >= 0.3 is 0 Å². The third-order valence-electron chi connectivity index (χ3n) is 6.02. The van der Waals surface area contributed by atoms with Gasteiger partial charge in [0.25, 0.3) is 0 Å². The first-order valence-electron chi connectivity index (χ1n) is 10.9. The molecule has 6 nitrogen and oxygen atoms in total. The molecule has 1 aliphatic heterocycles. The predicted molar refractivity (Wildman–Crippen MR) is 129 cm³/mol. The Morgan fingerprint density at radius 1 is 1.12 bits per heavy atom. The van der Waals surface area contributed by atoms with Crippen molar-refractivity contribution in [2.75, 3.05) is 31.2 Å². The SMILES string of the molecule is CN1CC(Cc2ccccc2)CC(C(=O)Nc2ccc(N)c(C(=N)c3ccncc3)c2)C1. The van der Waals surface area contributed by atoms with Gasteiger partial charge in [-0.1, -0.05) is 30.3 Å². The van der Waals surface area contributed by atoms with E-state index in [9.17, 15) is 4.79 Å². The van der Waals surface area contributed by atoms with E-state index in [1.807, 2.05) is 6.07 Å². The van der Waals surface area contributed by atoms with Crippen LogP contribution in [0.4, 0.5) is 11.4 Å². The van der Waals surface area contributed by atoms with Crippen LogP contribution in [0.2, 0.25) is 0 Å². The van der Waals surface area contributed by atoms with E-state index in [-0.39, 0.29) is 11.8 Å². The monoisotopic (exact) mass is 427 g/mol. The van der Waals surface area contributed by atoms with Gasteiger partial charge in [0.2, 0.25) is 5.91 Å². The molecule has 164 valence electrons. The summed E-state index contributed by atoms with van der Waals surface area (Å²) in [6.45, 7) is 1.74. The Hall–Kier alpha value is -3.51. The summed E-state index contributed by atoms with van der Waals surface area (Å²) in [5.74, 6) is 0.373. The minimum Gasteiger partial charge on any atom is -0.398 e. The lowest BCUT2D eigenvalue weighted by atomic mass is 9.85. The molecule has 0 radical (unpaired) electrons. The molecular weight excluding hydrogens is 398 g/mol. The van der Waals surface area contributed by atoms with Crippen LogP contribution < -0.4 is 11.1 Å². The molecule has 1 amide bonds. The molecule has 1 aliphatic rings. The number of nitrogen functional groups attached to an aromatic ring is 1. The van der Waals surface area contributed by atoms with Crippen molar-refractivity contribution in [3.63, 3.8) is 0 Å². The van der Waals surface area contributed by atoms with Crippen molar-refractivity contribution in [2.24, 2.45) is 11.8 Å². The normalized spacial score (nSPS) is 18.8. The predicted octanol–water partition coefficient (Wildman–Crippen LogP) is 3.83. The van der Waals surface area contributed by atoms with Gasteiger partial charge in [0.1, 0.15) is 0 Å². The van der Waals surface area contributed by atoms with E-state index >= 15 is 0 Å². The van der Waals surface area contributed by atoms with Gasteiger partial charge in [-0.25, -0.2) is 0 Å². The fraction of sp³-hybridized carbons (Fsp3) is 0.269. The second-order valence-electron chi connectivity index (χ2n) is 8.61.